The molecule has 0 atom stereocenters. The van der Waals surface area contributed by atoms with Gasteiger partial charge in [-0.15, -0.1) is 0 Å². The van der Waals surface area contributed by atoms with Crippen LogP contribution in [0, 0.1) is 6.92 Å². The molecule has 4 rings (SSSR count). The predicted molar refractivity (Wildman–Crippen MR) is 110 cm³/mol. The summed E-state index contributed by atoms with van der Waals surface area (Å²) < 4.78 is 0. The number of fused-ring (bicyclic) bond motifs is 1. The number of H-pyrrole nitrogens is 1. The topological polar surface area (TPSA) is 86.9 Å². The fraction of sp³-hybridized carbons (Fsp3) is 0.0455. The minimum Gasteiger partial charge on any atom is -0.346 e. The Morgan fingerprint density at radius 3 is 2.50 bits per heavy atom. The second-order valence-electron chi connectivity index (χ2n) is 6.44. The van der Waals surface area contributed by atoms with Crippen molar-refractivity contribution < 1.29 is 9.59 Å². The molecule has 0 radical (unpaired) electrons. The molecule has 0 fully saturated rings. The van der Waals surface area contributed by atoms with Gasteiger partial charge < -0.3 is 15.6 Å². The molecule has 138 valence electrons. The van der Waals surface area contributed by atoms with Crippen molar-refractivity contribution in [2.45, 2.75) is 6.92 Å². The lowest BCUT2D eigenvalue weighted by atomic mass is 10.1. The van der Waals surface area contributed by atoms with Crippen LogP contribution in [0.1, 0.15) is 26.3 Å². The van der Waals surface area contributed by atoms with Crippen molar-refractivity contribution in [1.29, 1.82) is 0 Å². The first kappa shape index (κ1) is 17.5. The van der Waals surface area contributed by atoms with Crippen LogP contribution in [-0.4, -0.2) is 21.8 Å². The van der Waals surface area contributed by atoms with E-state index in [4.69, 9.17) is 0 Å². The molecule has 0 saturated carbocycles. The number of carbonyl (C=O) groups excluding carboxylic acids is 2. The van der Waals surface area contributed by atoms with Gasteiger partial charge in [-0.05, 0) is 48.9 Å². The predicted octanol–water partition coefficient (Wildman–Crippen LogP) is 4.38. The summed E-state index contributed by atoms with van der Waals surface area (Å²) in [6, 6.07) is 17.9. The maximum absolute atomic E-state index is 12.8. The Morgan fingerprint density at radius 2 is 1.68 bits per heavy atom. The van der Waals surface area contributed by atoms with Crippen LogP contribution in [0.4, 0.5) is 11.4 Å². The Labute approximate surface area is 161 Å². The number of amides is 2. The third-order valence-electron chi connectivity index (χ3n) is 4.43. The van der Waals surface area contributed by atoms with Gasteiger partial charge in [0.2, 0.25) is 0 Å². The van der Waals surface area contributed by atoms with E-state index in [0.717, 1.165) is 16.6 Å². The molecule has 6 heteroatoms. The molecule has 0 aliphatic heterocycles. The minimum atomic E-state index is -0.259. The molecule has 28 heavy (non-hydrogen) atoms. The van der Waals surface area contributed by atoms with E-state index in [0.29, 0.717) is 22.5 Å². The molecule has 0 aliphatic carbocycles. The first-order valence-electron chi connectivity index (χ1n) is 8.82. The van der Waals surface area contributed by atoms with Gasteiger partial charge in [-0.3, -0.25) is 9.59 Å². The SMILES string of the molecule is Cc1ccc(NC(=O)c2ccccc2)cc1C(=O)Nc1cnc2[nH]ccc2c1. The zero-order valence-corrected chi connectivity index (χ0v) is 15.2. The molecule has 0 aliphatic rings. The summed E-state index contributed by atoms with van der Waals surface area (Å²) in [5, 5.41) is 6.61. The van der Waals surface area contributed by atoms with Crippen LogP contribution in [-0.2, 0) is 0 Å². The van der Waals surface area contributed by atoms with Crippen molar-refractivity contribution in [3.8, 4) is 0 Å². The van der Waals surface area contributed by atoms with Gasteiger partial charge in [-0.2, -0.15) is 0 Å². The van der Waals surface area contributed by atoms with E-state index >= 15 is 0 Å². The smallest absolute Gasteiger partial charge is 0.256 e. The Bertz CT molecular complexity index is 1170. The molecule has 2 aromatic carbocycles. The molecule has 3 N–H and O–H groups in total. The van der Waals surface area contributed by atoms with Gasteiger partial charge >= 0.3 is 0 Å². The molecule has 2 amide bonds. The van der Waals surface area contributed by atoms with E-state index in [-0.39, 0.29) is 11.8 Å². The fourth-order valence-electron chi connectivity index (χ4n) is 2.94. The number of nitrogens with one attached hydrogen (secondary N) is 3. The number of hydrogen-bond donors (Lipinski definition) is 3. The van der Waals surface area contributed by atoms with Crippen LogP contribution >= 0.6 is 0 Å². The summed E-state index contributed by atoms with van der Waals surface area (Å²) in [4.78, 5) is 32.4. The summed E-state index contributed by atoms with van der Waals surface area (Å²) in [7, 11) is 0. The lowest BCUT2D eigenvalue weighted by molar-refractivity contribution is 0.101. The molecule has 0 saturated heterocycles. The number of aromatic nitrogens is 2. The van der Waals surface area contributed by atoms with E-state index in [1.54, 1.807) is 48.8 Å². The maximum atomic E-state index is 12.8. The zero-order chi connectivity index (χ0) is 19.5. The van der Waals surface area contributed by atoms with Gasteiger partial charge in [0.05, 0.1) is 11.9 Å². The number of rotatable bonds is 4. The standard InChI is InChI=1S/C22H18N4O2/c1-14-7-8-17(25-21(27)15-5-3-2-4-6-15)12-19(14)22(28)26-18-11-16-9-10-23-20(16)24-13-18/h2-13H,1H3,(H,23,24)(H,25,27)(H,26,28). The van der Waals surface area contributed by atoms with Crippen molar-refractivity contribution in [3.63, 3.8) is 0 Å². The first-order valence-corrected chi connectivity index (χ1v) is 8.82. The van der Waals surface area contributed by atoms with Gasteiger partial charge in [0.1, 0.15) is 5.65 Å². The van der Waals surface area contributed by atoms with Crippen LogP contribution in [0.25, 0.3) is 11.0 Å². The summed E-state index contributed by atoms with van der Waals surface area (Å²) in [6.45, 7) is 1.85. The van der Waals surface area contributed by atoms with E-state index < -0.39 is 0 Å². The highest BCUT2D eigenvalue weighted by Gasteiger charge is 2.13. The number of benzene rings is 2. The first-order chi connectivity index (χ1) is 13.6. The van der Waals surface area contributed by atoms with Crippen LogP contribution < -0.4 is 10.6 Å². The molecule has 0 bridgehead atoms. The summed E-state index contributed by atoms with van der Waals surface area (Å²) in [5.74, 6) is -0.483. The third-order valence-corrected chi connectivity index (χ3v) is 4.43. The van der Waals surface area contributed by atoms with Crippen molar-refractivity contribution >= 4 is 34.2 Å². The van der Waals surface area contributed by atoms with Crippen LogP contribution in [0.15, 0.2) is 73.1 Å². The lowest BCUT2D eigenvalue weighted by Crippen LogP contribution is -2.16. The lowest BCUT2D eigenvalue weighted by Gasteiger charge is -2.11. The molecule has 6 nitrogen and oxygen atoms in total. The van der Waals surface area contributed by atoms with E-state index in [1.807, 2.05) is 31.2 Å². The second kappa shape index (κ2) is 7.36. The monoisotopic (exact) mass is 370 g/mol. The van der Waals surface area contributed by atoms with E-state index in [2.05, 4.69) is 20.6 Å². The van der Waals surface area contributed by atoms with E-state index in [9.17, 15) is 9.59 Å². The zero-order valence-electron chi connectivity index (χ0n) is 15.2. The maximum Gasteiger partial charge on any atom is 0.256 e. The number of aromatic amines is 1. The minimum absolute atomic E-state index is 0.224. The van der Waals surface area contributed by atoms with Gasteiger partial charge in [-0.1, -0.05) is 24.3 Å². The third kappa shape index (κ3) is 3.61. The molecule has 0 unspecified atom stereocenters. The highest BCUT2D eigenvalue weighted by molar-refractivity contribution is 6.08. The van der Waals surface area contributed by atoms with Crippen molar-refractivity contribution in [1.82, 2.24) is 9.97 Å². The number of aryl methyl sites for hydroxylation is 1. The molecule has 2 aromatic heterocycles. The number of anilines is 2. The largest absolute Gasteiger partial charge is 0.346 e. The molecule has 2 heterocycles. The number of hydrogen-bond acceptors (Lipinski definition) is 3. The van der Waals surface area contributed by atoms with Crippen molar-refractivity contribution in [3.05, 3.63) is 89.7 Å². The summed E-state index contributed by atoms with van der Waals surface area (Å²) in [6.07, 6.45) is 3.40. The van der Waals surface area contributed by atoms with Crippen molar-refractivity contribution in [2.24, 2.45) is 0 Å². The van der Waals surface area contributed by atoms with Crippen LogP contribution in [0.2, 0.25) is 0 Å². The summed E-state index contributed by atoms with van der Waals surface area (Å²) >= 11 is 0. The number of carbonyl (C=O) groups is 2. The highest BCUT2D eigenvalue weighted by atomic mass is 16.2. The van der Waals surface area contributed by atoms with Crippen LogP contribution in [0.3, 0.4) is 0 Å². The second-order valence-corrected chi connectivity index (χ2v) is 6.44. The quantitative estimate of drug-likeness (QED) is 0.498. The molecular formula is C22H18N4O2. The Balaban J connectivity index is 1.54. The van der Waals surface area contributed by atoms with Crippen LogP contribution in [0.5, 0.6) is 0 Å². The number of nitrogens with zero attached hydrogens (tertiary/aromatic N) is 1. The Morgan fingerprint density at radius 1 is 0.893 bits per heavy atom. The Hall–Kier alpha value is -3.93. The van der Waals surface area contributed by atoms with Gasteiger partial charge in [0.25, 0.3) is 11.8 Å². The normalized spacial score (nSPS) is 10.6. The highest BCUT2D eigenvalue weighted by Crippen LogP contribution is 2.20. The number of pyridine rings is 1. The average Bonchev–Trinajstić information content (AvgIpc) is 3.18. The molecule has 4 aromatic rings. The van der Waals surface area contributed by atoms with Crippen molar-refractivity contribution in [2.75, 3.05) is 10.6 Å². The fourth-order valence-corrected chi connectivity index (χ4v) is 2.94. The van der Waals surface area contributed by atoms with Gasteiger partial charge in [0, 0.05) is 28.4 Å². The summed E-state index contributed by atoms with van der Waals surface area (Å²) in [5.41, 5.74) is 3.78. The van der Waals surface area contributed by atoms with E-state index in [1.165, 1.54) is 0 Å². The Kier molecular flexibility index (Phi) is 4.60. The molecular weight excluding hydrogens is 352 g/mol. The van der Waals surface area contributed by atoms with Gasteiger partial charge in [0.15, 0.2) is 0 Å². The molecule has 0 spiro atoms. The average molecular weight is 370 g/mol. The van der Waals surface area contributed by atoms with Gasteiger partial charge in [-0.25, -0.2) is 4.98 Å².